The minimum Gasteiger partial charge on any atom is -0.495 e. The molecule has 0 spiro atoms. The average molecular weight is 614 g/mol. The Hall–Kier alpha value is -2.78. The van der Waals surface area contributed by atoms with Crippen molar-refractivity contribution in [3.8, 4) is 5.75 Å². The molecule has 0 amide bonds. The van der Waals surface area contributed by atoms with E-state index in [0.29, 0.717) is 6.61 Å². The van der Waals surface area contributed by atoms with Gasteiger partial charge in [-0.15, -0.1) is 0 Å². The second-order valence-corrected chi connectivity index (χ2v) is 12.8. The number of rotatable bonds is 25. The van der Waals surface area contributed by atoms with Crippen molar-refractivity contribution in [1.29, 1.82) is 0 Å². The second-order valence-electron chi connectivity index (χ2n) is 12.8. The zero-order valence-electron chi connectivity index (χ0n) is 29.2. The van der Waals surface area contributed by atoms with E-state index in [1.165, 1.54) is 103 Å². The predicted molar refractivity (Wildman–Crippen MR) is 195 cm³/mol. The van der Waals surface area contributed by atoms with Crippen molar-refractivity contribution < 1.29 is 9.47 Å². The molecule has 3 nitrogen and oxygen atoms in total. The molecule has 3 heteroatoms. The van der Waals surface area contributed by atoms with Crippen molar-refractivity contribution >= 4 is 5.69 Å². The van der Waals surface area contributed by atoms with Crippen LogP contribution in [-0.2, 0) is 10.3 Å². The van der Waals surface area contributed by atoms with Crippen LogP contribution in [0.4, 0.5) is 5.69 Å². The molecule has 0 aliphatic carbocycles. The largest absolute Gasteiger partial charge is 0.495 e. The first-order valence-electron chi connectivity index (χ1n) is 18.3. The van der Waals surface area contributed by atoms with E-state index in [1.54, 1.807) is 7.11 Å². The van der Waals surface area contributed by atoms with E-state index in [0.717, 1.165) is 41.1 Å². The number of hydrogen-bond acceptors (Lipinski definition) is 3. The van der Waals surface area contributed by atoms with Crippen LogP contribution in [0.25, 0.3) is 0 Å². The molecule has 0 fully saturated rings. The molecule has 0 atom stereocenters. The van der Waals surface area contributed by atoms with Crippen LogP contribution in [0.2, 0.25) is 0 Å². The molecule has 0 heterocycles. The third-order valence-corrected chi connectivity index (χ3v) is 9.21. The smallest absolute Gasteiger partial charge is 0.145 e. The summed E-state index contributed by atoms with van der Waals surface area (Å²) in [5.41, 5.74) is 3.77. The van der Waals surface area contributed by atoms with Crippen molar-refractivity contribution in [1.82, 2.24) is 0 Å². The van der Waals surface area contributed by atoms with E-state index >= 15 is 0 Å². The van der Waals surface area contributed by atoms with Crippen LogP contribution in [0, 0.1) is 0 Å². The zero-order chi connectivity index (χ0) is 32.0. The molecule has 3 rings (SSSR count). The third-order valence-electron chi connectivity index (χ3n) is 9.21. The molecule has 248 valence electrons. The van der Waals surface area contributed by atoms with E-state index < -0.39 is 5.60 Å². The number of hydrogen-bond donors (Lipinski definition) is 0. The lowest BCUT2D eigenvalue weighted by molar-refractivity contribution is 0.0135. The van der Waals surface area contributed by atoms with Crippen LogP contribution in [0.5, 0.6) is 5.75 Å². The Morgan fingerprint density at radius 3 is 1.44 bits per heavy atom. The van der Waals surface area contributed by atoms with Crippen molar-refractivity contribution in [3.05, 3.63) is 95.6 Å². The molecule has 0 aromatic heterocycles. The highest BCUT2D eigenvalue weighted by Gasteiger charge is 2.40. The second kappa shape index (κ2) is 21.9. The van der Waals surface area contributed by atoms with Gasteiger partial charge in [-0.25, -0.2) is 0 Å². The lowest BCUT2D eigenvalue weighted by Crippen LogP contribution is -2.36. The predicted octanol–water partition coefficient (Wildman–Crippen LogP) is 12.1. The van der Waals surface area contributed by atoms with Gasteiger partial charge in [0, 0.05) is 25.8 Å². The lowest BCUT2D eigenvalue weighted by atomic mass is 9.78. The SMILES string of the molecule is CCCCCCCCCCCCCCCCCCN(C)c1c(OC)cccc1C(OCCC)(c1ccccc1)c1ccccc1. The summed E-state index contributed by atoms with van der Waals surface area (Å²) in [7, 11) is 4.00. The first-order valence-corrected chi connectivity index (χ1v) is 18.3. The first kappa shape index (κ1) is 36.7. The number of unbranched alkanes of at least 4 members (excludes halogenated alkanes) is 15. The fourth-order valence-electron chi connectivity index (χ4n) is 6.70. The van der Waals surface area contributed by atoms with Crippen molar-refractivity contribution in [3.63, 3.8) is 0 Å². The molecule has 45 heavy (non-hydrogen) atoms. The van der Waals surface area contributed by atoms with E-state index in [-0.39, 0.29) is 0 Å². The quantitative estimate of drug-likeness (QED) is 0.0701. The molecule has 0 radical (unpaired) electrons. The molecule has 0 saturated carbocycles. The summed E-state index contributed by atoms with van der Waals surface area (Å²) in [5.74, 6) is 0.892. The molecule has 0 saturated heterocycles. The zero-order valence-corrected chi connectivity index (χ0v) is 29.2. The molecule has 0 unspecified atom stereocenters. The summed E-state index contributed by atoms with van der Waals surface area (Å²) < 4.78 is 13.0. The summed E-state index contributed by atoms with van der Waals surface area (Å²) in [6.07, 6.45) is 23.1. The van der Waals surface area contributed by atoms with Gasteiger partial charge in [-0.1, -0.05) is 183 Å². The number of anilines is 1. The number of methoxy groups -OCH3 is 1. The maximum absolute atomic E-state index is 6.98. The van der Waals surface area contributed by atoms with E-state index in [9.17, 15) is 0 Å². The van der Waals surface area contributed by atoms with Crippen LogP contribution < -0.4 is 9.64 Å². The highest BCUT2D eigenvalue weighted by Crippen LogP contribution is 2.47. The third kappa shape index (κ3) is 11.5. The monoisotopic (exact) mass is 613 g/mol. The van der Waals surface area contributed by atoms with Gasteiger partial charge in [-0.3, -0.25) is 0 Å². The van der Waals surface area contributed by atoms with Gasteiger partial charge in [-0.2, -0.15) is 0 Å². The molecule has 3 aromatic rings. The first-order chi connectivity index (χ1) is 22.2. The average Bonchev–Trinajstić information content (AvgIpc) is 3.09. The molecular formula is C42H63NO2. The van der Waals surface area contributed by atoms with Crippen LogP contribution >= 0.6 is 0 Å². The Labute approximate surface area is 276 Å². The van der Waals surface area contributed by atoms with Gasteiger partial charge in [0.15, 0.2) is 0 Å². The molecule has 3 aromatic carbocycles. The van der Waals surface area contributed by atoms with Crippen molar-refractivity contribution in [2.45, 2.75) is 129 Å². The molecule has 0 bridgehead atoms. The van der Waals surface area contributed by atoms with Crippen molar-refractivity contribution in [2.75, 3.05) is 32.2 Å². The van der Waals surface area contributed by atoms with Gasteiger partial charge in [-0.05, 0) is 30.0 Å². The summed E-state index contributed by atoms with van der Waals surface area (Å²) >= 11 is 0. The summed E-state index contributed by atoms with van der Waals surface area (Å²) in [6.45, 7) is 6.11. The van der Waals surface area contributed by atoms with Crippen molar-refractivity contribution in [2.24, 2.45) is 0 Å². The van der Waals surface area contributed by atoms with E-state index in [2.05, 4.69) is 105 Å². The maximum Gasteiger partial charge on any atom is 0.145 e. The summed E-state index contributed by atoms with van der Waals surface area (Å²) in [4.78, 5) is 2.40. The standard InChI is InChI=1S/C42H63NO2/c1-5-7-8-9-10-11-12-13-14-15-16-17-18-19-20-27-35-43(3)41-39(33-28-34-40(41)44-4)42(45-36-6-2,37-29-23-21-24-30-37)38-31-25-22-26-32-38/h21-26,28-34H,5-20,27,35-36H2,1-4H3. The normalized spacial score (nSPS) is 11.6. The van der Waals surface area contributed by atoms with Gasteiger partial charge < -0.3 is 14.4 Å². The molecule has 0 N–H and O–H groups in total. The minimum absolute atomic E-state index is 0.656. The topological polar surface area (TPSA) is 21.7 Å². The van der Waals surface area contributed by atoms with Gasteiger partial charge >= 0.3 is 0 Å². The number of para-hydroxylation sites is 1. The Balaban J connectivity index is 1.57. The number of benzene rings is 3. The van der Waals surface area contributed by atoms with Gasteiger partial charge in [0.05, 0.1) is 12.8 Å². The van der Waals surface area contributed by atoms with Gasteiger partial charge in [0.25, 0.3) is 0 Å². The minimum atomic E-state index is -0.745. The Morgan fingerprint density at radius 2 is 1.00 bits per heavy atom. The van der Waals surface area contributed by atoms with E-state index in [1.807, 2.05) is 0 Å². The van der Waals surface area contributed by atoms with Gasteiger partial charge in [0.1, 0.15) is 11.4 Å². The Kier molecular flexibility index (Phi) is 17.8. The van der Waals surface area contributed by atoms with Crippen LogP contribution in [0.15, 0.2) is 78.9 Å². The lowest BCUT2D eigenvalue weighted by Gasteiger charge is -2.39. The molecule has 0 aliphatic rings. The maximum atomic E-state index is 6.98. The number of nitrogens with zero attached hydrogens (tertiary/aromatic N) is 1. The Bertz CT molecular complexity index is 1110. The fourth-order valence-corrected chi connectivity index (χ4v) is 6.70. The van der Waals surface area contributed by atoms with E-state index in [4.69, 9.17) is 9.47 Å². The van der Waals surface area contributed by atoms with Gasteiger partial charge in [0.2, 0.25) is 0 Å². The van der Waals surface area contributed by atoms with Crippen LogP contribution in [0.3, 0.4) is 0 Å². The summed E-state index contributed by atoms with van der Waals surface area (Å²) in [6, 6.07) is 27.8. The molecular weight excluding hydrogens is 550 g/mol. The Morgan fingerprint density at radius 1 is 0.533 bits per heavy atom. The summed E-state index contributed by atoms with van der Waals surface area (Å²) in [5, 5.41) is 0. The highest BCUT2D eigenvalue weighted by molar-refractivity contribution is 5.69. The fraction of sp³-hybridized carbons (Fsp3) is 0.571. The number of ether oxygens (including phenoxy) is 2. The molecule has 0 aliphatic heterocycles. The van der Waals surface area contributed by atoms with Crippen LogP contribution in [-0.4, -0.2) is 27.3 Å². The van der Waals surface area contributed by atoms with Crippen LogP contribution in [0.1, 0.15) is 140 Å². The highest BCUT2D eigenvalue weighted by atomic mass is 16.5.